The molecule has 6 heteroatoms. The summed E-state index contributed by atoms with van der Waals surface area (Å²) in [5.74, 6) is -0.847. The average molecular weight is 265 g/mol. The van der Waals surface area contributed by atoms with Gasteiger partial charge in [-0.05, 0) is 12.5 Å². The standard InChI is InChI=1S/C13H15NO5/c1-3-19-14(13(16)17)10(2)12(15)18-9-11-7-5-4-6-8-11/h4-8H,2-3,9H2,1H3,(H,16,17). The van der Waals surface area contributed by atoms with Gasteiger partial charge in [-0.1, -0.05) is 36.9 Å². The molecule has 6 nitrogen and oxygen atoms in total. The number of amides is 1. The van der Waals surface area contributed by atoms with Gasteiger partial charge in [-0.3, -0.25) is 4.84 Å². The number of hydrogen-bond donors (Lipinski definition) is 1. The Morgan fingerprint density at radius 1 is 1.32 bits per heavy atom. The van der Waals surface area contributed by atoms with Crippen molar-refractivity contribution in [2.75, 3.05) is 6.61 Å². The maximum absolute atomic E-state index is 11.6. The molecule has 19 heavy (non-hydrogen) atoms. The van der Waals surface area contributed by atoms with E-state index in [9.17, 15) is 9.59 Å². The normalized spacial score (nSPS) is 9.74. The van der Waals surface area contributed by atoms with Crippen molar-refractivity contribution in [3.63, 3.8) is 0 Å². The number of benzene rings is 1. The maximum atomic E-state index is 11.6. The second kappa shape index (κ2) is 7.17. The zero-order chi connectivity index (χ0) is 14.3. The molecule has 0 fully saturated rings. The minimum atomic E-state index is -1.43. The van der Waals surface area contributed by atoms with E-state index in [0.717, 1.165) is 5.56 Å². The third-order valence-electron chi connectivity index (χ3n) is 2.13. The zero-order valence-electron chi connectivity index (χ0n) is 10.5. The van der Waals surface area contributed by atoms with Crippen molar-refractivity contribution in [3.8, 4) is 0 Å². The third kappa shape index (κ3) is 4.44. The highest BCUT2D eigenvalue weighted by Gasteiger charge is 2.23. The number of carbonyl (C=O) groups excluding carboxylic acids is 1. The van der Waals surface area contributed by atoms with Gasteiger partial charge in [0.05, 0.1) is 6.61 Å². The van der Waals surface area contributed by atoms with Crippen LogP contribution in [0.3, 0.4) is 0 Å². The van der Waals surface area contributed by atoms with Crippen molar-refractivity contribution < 1.29 is 24.3 Å². The predicted molar refractivity (Wildman–Crippen MR) is 66.9 cm³/mol. The quantitative estimate of drug-likeness (QED) is 0.484. The third-order valence-corrected chi connectivity index (χ3v) is 2.13. The number of esters is 1. The van der Waals surface area contributed by atoms with Crippen LogP contribution in [-0.4, -0.2) is 28.8 Å². The molecule has 0 saturated carbocycles. The molecule has 0 aliphatic carbocycles. The second-order valence-electron chi connectivity index (χ2n) is 3.50. The Balaban J connectivity index is 2.57. The molecule has 1 amide bonds. The molecule has 0 unspecified atom stereocenters. The Bertz CT molecular complexity index is 457. The summed E-state index contributed by atoms with van der Waals surface area (Å²) in [6.07, 6.45) is -1.43. The van der Waals surface area contributed by atoms with Crippen molar-refractivity contribution >= 4 is 12.1 Å². The topological polar surface area (TPSA) is 76.1 Å². The smallest absolute Gasteiger partial charge is 0.436 e. The van der Waals surface area contributed by atoms with E-state index in [0.29, 0.717) is 5.06 Å². The van der Waals surface area contributed by atoms with Gasteiger partial charge < -0.3 is 9.84 Å². The number of hydroxylamine groups is 2. The fourth-order valence-electron chi connectivity index (χ4n) is 1.27. The van der Waals surface area contributed by atoms with Gasteiger partial charge in [0.25, 0.3) is 0 Å². The van der Waals surface area contributed by atoms with E-state index in [1.165, 1.54) is 0 Å². The molecule has 0 radical (unpaired) electrons. The molecule has 102 valence electrons. The molecule has 1 aromatic carbocycles. The molecule has 0 heterocycles. The minimum absolute atomic E-state index is 0.0400. The monoisotopic (exact) mass is 265 g/mol. The van der Waals surface area contributed by atoms with Crippen molar-refractivity contribution in [2.45, 2.75) is 13.5 Å². The van der Waals surface area contributed by atoms with Gasteiger partial charge in [0.2, 0.25) is 0 Å². The van der Waals surface area contributed by atoms with Gasteiger partial charge in [0.15, 0.2) is 5.70 Å². The summed E-state index contributed by atoms with van der Waals surface area (Å²) in [4.78, 5) is 27.2. The summed E-state index contributed by atoms with van der Waals surface area (Å²) in [5.41, 5.74) is 0.409. The first-order valence-corrected chi connectivity index (χ1v) is 5.62. The van der Waals surface area contributed by atoms with Crippen LogP contribution in [0.4, 0.5) is 4.79 Å². The Morgan fingerprint density at radius 2 is 1.95 bits per heavy atom. The van der Waals surface area contributed by atoms with Crippen LogP contribution in [0.25, 0.3) is 0 Å². The zero-order valence-corrected chi connectivity index (χ0v) is 10.5. The van der Waals surface area contributed by atoms with Crippen molar-refractivity contribution in [2.24, 2.45) is 0 Å². The fraction of sp³-hybridized carbons (Fsp3) is 0.231. The molecule has 0 aromatic heterocycles. The van der Waals surface area contributed by atoms with Crippen molar-refractivity contribution in [1.82, 2.24) is 5.06 Å². The first kappa shape index (κ1) is 14.7. The largest absolute Gasteiger partial charge is 0.463 e. The van der Waals surface area contributed by atoms with E-state index in [1.807, 2.05) is 18.2 Å². The molecule has 0 aliphatic rings. The lowest BCUT2D eigenvalue weighted by Crippen LogP contribution is -2.32. The predicted octanol–water partition coefficient (Wildman–Crippen LogP) is 2.17. The van der Waals surface area contributed by atoms with Crippen LogP contribution in [-0.2, 0) is 21.0 Å². The van der Waals surface area contributed by atoms with Gasteiger partial charge in [-0.25, -0.2) is 9.59 Å². The first-order valence-electron chi connectivity index (χ1n) is 5.62. The number of rotatable bonds is 6. The molecular weight excluding hydrogens is 250 g/mol. The number of carbonyl (C=O) groups is 2. The van der Waals surface area contributed by atoms with Crippen LogP contribution in [0, 0.1) is 0 Å². The lowest BCUT2D eigenvalue weighted by atomic mass is 10.2. The molecule has 0 aliphatic heterocycles. The summed E-state index contributed by atoms with van der Waals surface area (Å²) in [6, 6.07) is 9.02. The highest BCUT2D eigenvalue weighted by atomic mass is 16.7. The molecule has 0 saturated heterocycles. The number of carboxylic acid groups (broad SMARTS) is 1. The van der Waals surface area contributed by atoms with Gasteiger partial charge in [-0.2, -0.15) is 0 Å². The molecule has 1 N–H and O–H groups in total. The molecule has 1 aromatic rings. The van der Waals surface area contributed by atoms with Gasteiger partial charge >= 0.3 is 12.1 Å². The number of hydrogen-bond acceptors (Lipinski definition) is 4. The summed E-state index contributed by atoms with van der Waals surface area (Å²) in [6.45, 7) is 5.08. The van der Waals surface area contributed by atoms with Crippen LogP contribution in [0.1, 0.15) is 12.5 Å². The first-order chi connectivity index (χ1) is 9.06. The van der Waals surface area contributed by atoms with E-state index in [2.05, 4.69) is 6.58 Å². The van der Waals surface area contributed by atoms with Gasteiger partial charge in [-0.15, -0.1) is 5.06 Å². The summed E-state index contributed by atoms with van der Waals surface area (Å²) in [5, 5.41) is 9.24. The molecule has 0 atom stereocenters. The van der Waals surface area contributed by atoms with Crippen molar-refractivity contribution in [3.05, 3.63) is 48.2 Å². The Hall–Kier alpha value is -2.34. The Kier molecular flexibility index (Phi) is 5.56. The van der Waals surface area contributed by atoms with Crippen molar-refractivity contribution in [1.29, 1.82) is 0 Å². The van der Waals surface area contributed by atoms with Gasteiger partial charge in [0, 0.05) is 0 Å². The Labute approximate surface area is 110 Å². The summed E-state index contributed by atoms with van der Waals surface area (Å²) >= 11 is 0. The molecule has 1 rings (SSSR count). The summed E-state index contributed by atoms with van der Waals surface area (Å²) in [7, 11) is 0. The van der Waals surface area contributed by atoms with E-state index in [1.54, 1.807) is 19.1 Å². The molecule has 0 spiro atoms. The minimum Gasteiger partial charge on any atom is -0.463 e. The average Bonchev–Trinajstić information content (AvgIpc) is 2.42. The van der Waals surface area contributed by atoms with Crippen LogP contribution >= 0.6 is 0 Å². The molecule has 0 bridgehead atoms. The number of ether oxygens (including phenoxy) is 1. The highest BCUT2D eigenvalue weighted by molar-refractivity contribution is 5.90. The van der Waals surface area contributed by atoms with Crippen LogP contribution < -0.4 is 0 Å². The molecular formula is C13H15NO5. The van der Waals surface area contributed by atoms with Crippen LogP contribution in [0.5, 0.6) is 0 Å². The highest BCUT2D eigenvalue weighted by Crippen LogP contribution is 2.08. The summed E-state index contributed by atoms with van der Waals surface area (Å²) < 4.78 is 4.94. The van der Waals surface area contributed by atoms with E-state index >= 15 is 0 Å². The lowest BCUT2D eigenvalue weighted by molar-refractivity contribution is -0.153. The van der Waals surface area contributed by atoms with E-state index < -0.39 is 12.1 Å². The second-order valence-corrected chi connectivity index (χ2v) is 3.50. The SMILES string of the molecule is C=C(C(=O)OCc1ccccc1)N(OCC)C(=O)O. The lowest BCUT2D eigenvalue weighted by Gasteiger charge is -2.18. The Morgan fingerprint density at radius 3 is 2.47 bits per heavy atom. The van der Waals surface area contributed by atoms with Crippen LogP contribution in [0.2, 0.25) is 0 Å². The van der Waals surface area contributed by atoms with Crippen LogP contribution in [0.15, 0.2) is 42.6 Å². The van der Waals surface area contributed by atoms with Gasteiger partial charge in [0.1, 0.15) is 6.61 Å². The number of nitrogens with zero attached hydrogens (tertiary/aromatic N) is 1. The van der Waals surface area contributed by atoms with E-state index in [-0.39, 0.29) is 18.9 Å². The maximum Gasteiger partial charge on any atom is 0.436 e. The fourth-order valence-corrected chi connectivity index (χ4v) is 1.27. The van der Waals surface area contributed by atoms with E-state index in [4.69, 9.17) is 14.7 Å².